The second-order valence-corrected chi connectivity index (χ2v) is 5.46. The zero-order valence-electron chi connectivity index (χ0n) is 12.4. The molecule has 0 fully saturated rings. The molecule has 1 heterocycles. The van der Waals surface area contributed by atoms with Gasteiger partial charge in [-0.1, -0.05) is 39.5 Å². The first-order chi connectivity index (χ1) is 9.61. The molecule has 1 aromatic rings. The molecule has 0 atom stereocenters. The first-order valence-electron chi connectivity index (χ1n) is 7.34. The Hall–Kier alpha value is -1.49. The third kappa shape index (κ3) is 6.61. The molecule has 0 bridgehead atoms. The Morgan fingerprint density at radius 1 is 1.30 bits per heavy atom. The molecule has 1 rings (SSSR count). The molecule has 5 heteroatoms. The van der Waals surface area contributed by atoms with Crippen molar-refractivity contribution >= 4 is 5.97 Å². The van der Waals surface area contributed by atoms with Crippen molar-refractivity contribution < 1.29 is 9.90 Å². The van der Waals surface area contributed by atoms with E-state index in [4.69, 9.17) is 5.11 Å². The molecule has 0 spiro atoms. The summed E-state index contributed by atoms with van der Waals surface area (Å²) in [6, 6.07) is 0. The van der Waals surface area contributed by atoms with Crippen LogP contribution >= 0.6 is 0 Å². The van der Waals surface area contributed by atoms with Crippen molar-refractivity contribution in [3.63, 3.8) is 0 Å². The van der Waals surface area contributed by atoms with Crippen LogP contribution in [0, 0.1) is 5.92 Å². The van der Waals surface area contributed by atoms with Crippen LogP contribution in [-0.4, -0.2) is 27.6 Å². The summed E-state index contributed by atoms with van der Waals surface area (Å²) in [5.74, 6) is -0.184. The van der Waals surface area contributed by atoms with E-state index in [1.165, 1.54) is 38.2 Å². The highest BCUT2D eigenvalue weighted by Gasteiger charge is 2.10. The first-order valence-corrected chi connectivity index (χ1v) is 7.34. The molecule has 1 aromatic heterocycles. The summed E-state index contributed by atoms with van der Waals surface area (Å²) in [5, 5.41) is 12.2. The van der Waals surface area contributed by atoms with Crippen LogP contribution < -0.4 is 5.32 Å². The number of carbonyl (C=O) groups is 1. The van der Waals surface area contributed by atoms with Crippen LogP contribution in [-0.2, 0) is 6.54 Å². The Kier molecular flexibility index (Phi) is 7.80. The molecular formula is C15H25N3O2. The van der Waals surface area contributed by atoms with Crippen LogP contribution in [0.3, 0.4) is 0 Å². The van der Waals surface area contributed by atoms with Crippen molar-refractivity contribution in [2.45, 2.75) is 52.5 Å². The summed E-state index contributed by atoms with van der Waals surface area (Å²) >= 11 is 0. The van der Waals surface area contributed by atoms with Gasteiger partial charge in [0, 0.05) is 12.7 Å². The van der Waals surface area contributed by atoms with E-state index in [9.17, 15) is 4.79 Å². The molecule has 0 radical (unpaired) electrons. The molecule has 112 valence electrons. The van der Waals surface area contributed by atoms with E-state index in [1.54, 1.807) is 0 Å². The Morgan fingerprint density at radius 2 is 2.05 bits per heavy atom. The number of nitrogens with one attached hydrogen (secondary N) is 1. The number of carboxylic acids is 1. The summed E-state index contributed by atoms with van der Waals surface area (Å²) in [6.07, 6.45) is 8.94. The van der Waals surface area contributed by atoms with Crippen LogP contribution in [0.1, 0.15) is 62.0 Å². The van der Waals surface area contributed by atoms with E-state index in [0.717, 1.165) is 18.9 Å². The van der Waals surface area contributed by atoms with Gasteiger partial charge in [-0.15, -0.1) is 0 Å². The molecule has 5 nitrogen and oxygen atoms in total. The van der Waals surface area contributed by atoms with Gasteiger partial charge in [0.25, 0.3) is 0 Å². The number of nitrogens with zero attached hydrogens (tertiary/aromatic N) is 2. The molecule has 0 saturated carbocycles. The summed E-state index contributed by atoms with van der Waals surface area (Å²) < 4.78 is 0. The lowest BCUT2D eigenvalue weighted by molar-refractivity contribution is 0.0694. The molecule has 0 aliphatic rings. The third-order valence-corrected chi connectivity index (χ3v) is 3.20. The van der Waals surface area contributed by atoms with E-state index in [-0.39, 0.29) is 5.56 Å². The SMILES string of the molecule is CC(C)CCCCCCNCc1ncncc1C(=O)O. The second kappa shape index (κ2) is 9.42. The van der Waals surface area contributed by atoms with E-state index in [0.29, 0.717) is 12.2 Å². The van der Waals surface area contributed by atoms with Crippen LogP contribution in [0.15, 0.2) is 12.5 Å². The van der Waals surface area contributed by atoms with Gasteiger partial charge in [0.1, 0.15) is 11.9 Å². The maximum atomic E-state index is 11.0. The Labute approximate surface area is 120 Å². The van der Waals surface area contributed by atoms with Gasteiger partial charge in [0.2, 0.25) is 0 Å². The summed E-state index contributed by atoms with van der Waals surface area (Å²) in [7, 11) is 0. The van der Waals surface area contributed by atoms with Crippen molar-refractivity contribution in [2.24, 2.45) is 5.92 Å². The minimum absolute atomic E-state index is 0.178. The maximum Gasteiger partial charge on any atom is 0.339 e. The lowest BCUT2D eigenvalue weighted by Gasteiger charge is -2.07. The van der Waals surface area contributed by atoms with E-state index in [1.807, 2.05) is 0 Å². The molecule has 2 N–H and O–H groups in total. The number of hydrogen-bond acceptors (Lipinski definition) is 4. The molecule has 0 amide bonds. The molecular weight excluding hydrogens is 254 g/mol. The predicted molar refractivity (Wildman–Crippen MR) is 78.6 cm³/mol. The third-order valence-electron chi connectivity index (χ3n) is 3.20. The fourth-order valence-electron chi connectivity index (χ4n) is 2.04. The average Bonchev–Trinajstić information content (AvgIpc) is 2.41. The van der Waals surface area contributed by atoms with E-state index < -0.39 is 5.97 Å². The monoisotopic (exact) mass is 279 g/mol. The Morgan fingerprint density at radius 3 is 2.75 bits per heavy atom. The lowest BCUT2D eigenvalue weighted by Crippen LogP contribution is -2.18. The van der Waals surface area contributed by atoms with Crippen LogP contribution in [0.2, 0.25) is 0 Å². The van der Waals surface area contributed by atoms with Gasteiger partial charge in [0.05, 0.1) is 5.69 Å². The second-order valence-electron chi connectivity index (χ2n) is 5.46. The van der Waals surface area contributed by atoms with E-state index >= 15 is 0 Å². The van der Waals surface area contributed by atoms with Crippen LogP contribution in [0.4, 0.5) is 0 Å². The van der Waals surface area contributed by atoms with Crippen molar-refractivity contribution in [1.29, 1.82) is 0 Å². The molecule has 0 saturated heterocycles. The normalized spacial score (nSPS) is 10.9. The smallest absolute Gasteiger partial charge is 0.339 e. The number of carboxylic acid groups (broad SMARTS) is 1. The standard InChI is InChI=1S/C15H25N3O2/c1-12(2)7-5-3-4-6-8-16-10-14-13(15(19)20)9-17-11-18-14/h9,11-12,16H,3-8,10H2,1-2H3,(H,19,20). The molecule has 0 aliphatic heterocycles. The molecule has 0 aliphatic carbocycles. The van der Waals surface area contributed by atoms with Crippen molar-refractivity contribution in [3.05, 3.63) is 23.8 Å². The Balaban J connectivity index is 2.14. The van der Waals surface area contributed by atoms with Crippen LogP contribution in [0.25, 0.3) is 0 Å². The first kappa shape index (κ1) is 16.6. The molecule has 0 unspecified atom stereocenters. The fraction of sp³-hybridized carbons (Fsp3) is 0.667. The number of aromatic nitrogens is 2. The van der Waals surface area contributed by atoms with Crippen LogP contribution in [0.5, 0.6) is 0 Å². The lowest BCUT2D eigenvalue weighted by atomic mass is 10.0. The highest BCUT2D eigenvalue weighted by molar-refractivity contribution is 5.88. The quantitative estimate of drug-likeness (QED) is 0.644. The number of rotatable bonds is 10. The fourth-order valence-corrected chi connectivity index (χ4v) is 2.04. The highest BCUT2D eigenvalue weighted by Crippen LogP contribution is 2.09. The van der Waals surface area contributed by atoms with Gasteiger partial charge < -0.3 is 10.4 Å². The van der Waals surface area contributed by atoms with Crippen molar-refractivity contribution in [3.8, 4) is 0 Å². The maximum absolute atomic E-state index is 11.0. The number of hydrogen-bond donors (Lipinski definition) is 2. The topological polar surface area (TPSA) is 75.1 Å². The van der Waals surface area contributed by atoms with Crippen molar-refractivity contribution in [2.75, 3.05) is 6.54 Å². The largest absolute Gasteiger partial charge is 0.478 e. The predicted octanol–water partition coefficient (Wildman–Crippen LogP) is 2.87. The van der Waals surface area contributed by atoms with E-state index in [2.05, 4.69) is 29.1 Å². The minimum Gasteiger partial charge on any atom is -0.478 e. The van der Waals surface area contributed by atoms with Gasteiger partial charge in [0.15, 0.2) is 0 Å². The zero-order valence-corrected chi connectivity index (χ0v) is 12.4. The molecule has 20 heavy (non-hydrogen) atoms. The summed E-state index contributed by atoms with van der Waals surface area (Å²) in [4.78, 5) is 18.7. The van der Waals surface area contributed by atoms with Gasteiger partial charge >= 0.3 is 5.97 Å². The highest BCUT2D eigenvalue weighted by atomic mass is 16.4. The van der Waals surface area contributed by atoms with Gasteiger partial charge in [-0.25, -0.2) is 14.8 Å². The van der Waals surface area contributed by atoms with Crippen molar-refractivity contribution in [1.82, 2.24) is 15.3 Å². The summed E-state index contributed by atoms with van der Waals surface area (Å²) in [5.41, 5.74) is 0.726. The van der Waals surface area contributed by atoms with Gasteiger partial charge in [-0.3, -0.25) is 0 Å². The van der Waals surface area contributed by atoms with Gasteiger partial charge in [-0.05, 0) is 18.9 Å². The minimum atomic E-state index is -0.976. The van der Waals surface area contributed by atoms with Gasteiger partial charge in [-0.2, -0.15) is 0 Å². The Bertz CT molecular complexity index is 408. The number of unbranched alkanes of at least 4 members (excludes halogenated alkanes) is 3. The summed E-state index contributed by atoms with van der Waals surface area (Å²) in [6.45, 7) is 5.88. The average molecular weight is 279 g/mol. The molecule has 0 aromatic carbocycles. The number of aromatic carboxylic acids is 1. The zero-order chi connectivity index (χ0) is 14.8.